The molecule has 0 aromatic heterocycles. The smallest absolute Gasteiger partial charge is 0.323 e. The number of carbonyl (C=O) groups is 1. The fourth-order valence-electron chi connectivity index (χ4n) is 4.67. The Morgan fingerprint density at radius 2 is 2.14 bits per heavy atom. The van der Waals surface area contributed by atoms with Crippen molar-refractivity contribution in [3.8, 4) is 0 Å². The van der Waals surface area contributed by atoms with Gasteiger partial charge >= 0.3 is 5.97 Å². The van der Waals surface area contributed by atoms with Gasteiger partial charge in [-0.3, -0.25) is 4.79 Å². The van der Waals surface area contributed by atoms with Crippen LogP contribution in [0.4, 0.5) is 0 Å². The highest BCUT2D eigenvalue weighted by molar-refractivity contribution is 7.98. The molecule has 2 N–H and O–H groups in total. The minimum absolute atomic E-state index is 0.0366. The number of hydrogen-bond donors (Lipinski definition) is 1. The third-order valence-corrected chi connectivity index (χ3v) is 7.08. The predicted octanol–water partition coefficient (Wildman–Crippen LogP) is 2.69. The lowest BCUT2D eigenvalue weighted by molar-refractivity contribution is -0.173. The van der Waals surface area contributed by atoms with Crippen molar-refractivity contribution in [1.82, 2.24) is 0 Å². The van der Waals surface area contributed by atoms with Gasteiger partial charge in [0.15, 0.2) is 0 Å². The predicted molar refractivity (Wildman–Crippen MR) is 110 cm³/mol. The standard InChI is InChI=1S/C21H35NO5S/c1-13(2)6-7-16-20(3,27-16)18-17(24-4)15(8-10-21(18)12-25-21)26-19(23)14(22)9-11-28-5/h6,14-18H,7-12,22H2,1-5H3/t14?,15?,16-,17?,18?,20?,21+/m1/s1. The van der Waals surface area contributed by atoms with Crippen LogP contribution in [0.15, 0.2) is 11.6 Å². The number of carbonyl (C=O) groups excluding carboxylic acids is 1. The number of esters is 1. The third kappa shape index (κ3) is 4.43. The molecular formula is C21H35NO5S. The molecule has 3 rings (SSSR count). The highest BCUT2D eigenvalue weighted by Crippen LogP contribution is 2.59. The zero-order chi connectivity index (χ0) is 20.5. The van der Waals surface area contributed by atoms with E-state index in [1.165, 1.54) is 5.57 Å². The second-order valence-electron chi connectivity index (χ2n) is 8.74. The summed E-state index contributed by atoms with van der Waals surface area (Å²) in [4.78, 5) is 12.5. The Morgan fingerprint density at radius 1 is 1.43 bits per heavy atom. The Kier molecular flexibility index (Phi) is 6.82. The van der Waals surface area contributed by atoms with Crippen molar-refractivity contribution in [2.24, 2.45) is 11.7 Å². The van der Waals surface area contributed by atoms with Crippen molar-refractivity contribution in [2.75, 3.05) is 25.7 Å². The minimum Gasteiger partial charge on any atom is -0.458 e. The zero-order valence-corrected chi connectivity index (χ0v) is 18.6. The highest BCUT2D eigenvalue weighted by Gasteiger charge is 2.72. The zero-order valence-electron chi connectivity index (χ0n) is 17.7. The van der Waals surface area contributed by atoms with Crippen LogP contribution in [-0.4, -0.2) is 67.3 Å². The molecule has 0 aromatic carbocycles. The van der Waals surface area contributed by atoms with Crippen molar-refractivity contribution in [1.29, 1.82) is 0 Å². The number of ether oxygens (including phenoxy) is 4. The second-order valence-corrected chi connectivity index (χ2v) is 9.73. The molecule has 1 saturated carbocycles. The summed E-state index contributed by atoms with van der Waals surface area (Å²) >= 11 is 1.68. The van der Waals surface area contributed by atoms with Gasteiger partial charge in [0.1, 0.15) is 29.5 Å². The summed E-state index contributed by atoms with van der Waals surface area (Å²) < 4.78 is 23.9. The Hall–Kier alpha value is -0.600. The number of allylic oxidation sites excluding steroid dienone is 1. The molecule has 0 aromatic rings. The van der Waals surface area contributed by atoms with E-state index in [9.17, 15) is 4.79 Å². The minimum atomic E-state index is -0.588. The van der Waals surface area contributed by atoms with Gasteiger partial charge in [-0.1, -0.05) is 11.6 Å². The van der Waals surface area contributed by atoms with E-state index in [1.54, 1.807) is 18.9 Å². The van der Waals surface area contributed by atoms with Crippen LogP contribution in [0.25, 0.3) is 0 Å². The van der Waals surface area contributed by atoms with Crippen molar-refractivity contribution >= 4 is 17.7 Å². The molecule has 7 atom stereocenters. The van der Waals surface area contributed by atoms with Gasteiger partial charge < -0.3 is 24.7 Å². The molecule has 5 unspecified atom stereocenters. The topological polar surface area (TPSA) is 86.6 Å². The molecule has 6 nitrogen and oxygen atoms in total. The molecule has 0 bridgehead atoms. The maximum absolute atomic E-state index is 12.5. The molecule has 3 aliphatic rings. The number of nitrogens with two attached hydrogens (primary N) is 1. The number of thioether (sulfide) groups is 1. The normalized spacial score (nSPS) is 40.1. The maximum Gasteiger partial charge on any atom is 0.323 e. The fourth-order valence-corrected chi connectivity index (χ4v) is 5.16. The van der Waals surface area contributed by atoms with Gasteiger partial charge in [-0.15, -0.1) is 0 Å². The van der Waals surface area contributed by atoms with Gasteiger partial charge in [-0.05, 0) is 58.5 Å². The van der Waals surface area contributed by atoms with E-state index in [0.29, 0.717) is 6.42 Å². The Bertz CT molecular complexity index is 604. The first-order chi connectivity index (χ1) is 13.3. The Labute approximate surface area is 172 Å². The number of methoxy groups -OCH3 is 1. The number of hydrogen-bond acceptors (Lipinski definition) is 7. The van der Waals surface area contributed by atoms with E-state index in [2.05, 4.69) is 26.8 Å². The van der Waals surface area contributed by atoms with E-state index in [-0.39, 0.29) is 41.4 Å². The summed E-state index contributed by atoms with van der Waals surface area (Å²) in [6.07, 6.45) is 6.86. The summed E-state index contributed by atoms with van der Waals surface area (Å²) in [6.45, 7) is 7.06. The molecule has 0 radical (unpaired) electrons. The van der Waals surface area contributed by atoms with Crippen LogP contribution in [0.3, 0.4) is 0 Å². The lowest BCUT2D eigenvalue weighted by Gasteiger charge is -2.42. The SMILES string of the molecule is COC1C(OC(=O)C(N)CCSC)CC[C@]2(CO2)C1C1(C)O[C@@H]1CC=C(C)C. The van der Waals surface area contributed by atoms with Gasteiger partial charge in [-0.2, -0.15) is 11.8 Å². The van der Waals surface area contributed by atoms with Gasteiger partial charge in [0.25, 0.3) is 0 Å². The average molecular weight is 414 g/mol. The first-order valence-corrected chi connectivity index (χ1v) is 11.6. The van der Waals surface area contributed by atoms with Crippen molar-refractivity contribution in [3.63, 3.8) is 0 Å². The molecule has 2 heterocycles. The van der Waals surface area contributed by atoms with Crippen LogP contribution >= 0.6 is 11.8 Å². The van der Waals surface area contributed by atoms with Gasteiger partial charge in [-0.25, -0.2) is 0 Å². The highest BCUT2D eigenvalue weighted by atomic mass is 32.2. The summed E-state index contributed by atoms with van der Waals surface area (Å²) in [7, 11) is 1.68. The summed E-state index contributed by atoms with van der Waals surface area (Å²) in [6, 6.07) is -0.588. The molecule has 3 fully saturated rings. The summed E-state index contributed by atoms with van der Waals surface area (Å²) in [5, 5.41) is 0. The Balaban J connectivity index is 1.70. The van der Waals surface area contributed by atoms with Gasteiger partial charge in [0.2, 0.25) is 0 Å². The molecule has 1 aliphatic carbocycles. The number of epoxide rings is 2. The second kappa shape index (κ2) is 8.64. The molecule has 0 amide bonds. The van der Waals surface area contributed by atoms with Crippen molar-refractivity contribution in [2.45, 2.75) is 82.0 Å². The van der Waals surface area contributed by atoms with E-state index < -0.39 is 6.04 Å². The average Bonchev–Trinajstić information content (AvgIpc) is 3.57. The quantitative estimate of drug-likeness (QED) is 0.353. The maximum atomic E-state index is 12.5. The van der Waals surface area contributed by atoms with Crippen molar-refractivity contribution in [3.05, 3.63) is 11.6 Å². The first kappa shape index (κ1) is 22.1. The van der Waals surface area contributed by atoms with Crippen LogP contribution in [0, 0.1) is 5.92 Å². The molecule has 28 heavy (non-hydrogen) atoms. The van der Waals surface area contributed by atoms with E-state index in [4.69, 9.17) is 24.7 Å². The van der Waals surface area contributed by atoms with Crippen LogP contribution in [0.2, 0.25) is 0 Å². The molecule has 1 spiro atoms. The molecule has 160 valence electrons. The van der Waals surface area contributed by atoms with E-state index in [1.807, 2.05) is 6.26 Å². The molecular weight excluding hydrogens is 378 g/mol. The van der Waals surface area contributed by atoms with Crippen LogP contribution in [-0.2, 0) is 23.7 Å². The van der Waals surface area contributed by atoms with Gasteiger partial charge in [0.05, 0.1) is 18.6 Å². The molecule has 2 saturated heterocycles. The summed E-state index contributed by atoms with van der Waals surface area (Å²) in [5.41, 5.74) is 6.76. The van der Waals surface area contributed by atoms with Gasteiger partial charge in [0, 0.05) is 7.11 Å². The molecule has 2 aliphatic heterocycles. The summed E-state index contributed by atoms with van der Waals surface area (Å²) in [5.74, 6) is 0.539. The molecule has 7 heteroatoms. The van der Waals surface area contributed by atoms with E-state index in [0.717, 1.165) is 31.6 Å². The van der Waals surface area contributed by atoms with Crippen molar-refractivity contribution < 1.29 is 23.7 Å². The van der Waals surface area contributed by atoms with Crippen LogP contribution in [0.1, 0.15) is 46.5 Å². The fraction of sp³-hybridized carbons (Fsp3) is 0.857. The largest absolute Gasteiger partial charge is 0.458 e. The lowest BCUT2D eigenvalue weighted by atomic mass is 9.68. The monoisotopic (exact) mass is 413 g/mol. The van der Waals surface area contributed by atoms with Crippen LogP contribution in [0.5, 0.6) is 0 Å². The lowest BCUT2D eigenvalue weighted by Crippen LogP contribution is -2.56. The van der Waals surface area contributed by atoms with E-state index >= 15 is 0 Å². The van der Waals surface area contributed by atoms with Crippen LogP contribution < -0.4 is 5.73 Å². The first-order valence-electron chi connectivity index (χ1n) is 10.2. The third-order valence-electron chi connectivity index (χ3n) is 6.44. The Morgan fingerprint density at radius 3 is 2.71 bits per heavy atom. The number of rotatable bonds is 9.